The lowest BCUT2D eigenvalue weighted by atomic mass is 10.1. The van der Waals surface area contributed by atoms with Crippen molar-refractivity contribution in [2.75, 3.05) is 25.6 Å². The Morgan fingerprint density at radius 3 is 2.46 bits per heavy atom. The summed E-state index contributed by atoms with van der Waals surface area (Å²) in [5.74, 6) is -1.02. The van der Waals surface area contributed by atoms with Crippen LogP contribution in [0.1, 0.15) is 29.3 Å². The maximum Gasteiger partial charge on any atom is 0.338 e. The lowest BCUT2D eigenvalue weighted by molar-refractivity contribution is -0.129. The number of benzene rings is 3. The van der Waals surface area contributed by atoms with E-state index in [0.717, 1.165) is 23.1 Å². The van der Waals surface area contributed by atoms with E-state index in [0.29, 0.717) is 29.4 Å². The van der Waals surface area contributed by atoms with Crippen LogP contribution in [0.15, 0.2) is 77.8 Å². The first-order valence-corrected chi connectivity index (χ1v) is 13.3. The van der Waals surface area contributed by atoms with Crippen LogP contribution < -0.4 is 10.1 Å². The molecule has 0 radical (unpaired) electrons. The van der Waals surface area contributed by atoms with E-state index >= 15 is 0 Å². The molecule has 0 bridgehead atoms. The SMILES string of the molecule is CCOC(=O)c1ccc(N=C2SC(C(=O)Nc3ccccc3F)CC(=O)N2CCc2ccc(OC)cc2)cc1. The highest BCUT2D eigenvalue weighted by Crippen LogP contribution is 2.30. The number of halogens is 1. The van der Waals surface area contributed by atoms with Gasteiger partial charge in [0.1, 0.15) is 16.8 Å². The third-order valence-electron chi connectivity index (χ3n) is 5.95. The number of nitrogens with zero attached hydrogens (tertiary/aromatic N) is 2. The number of esters is 1. The van der Waals surface area contributed by atoms with Crippen molar-refractivity contribution in [3.63, 3.8) is 0 Å². The molecule has 1 heterocycles. The van der Waals surface area contributed by atoms with Crippen molar-refractivity contribution in [3.05, 3.63) is 89.7 Å². The molecular weight excluding hydrogens is 521 g/mol. The van der Waals surface area contributed by atoms with Crippen LogP contribution in [0.2, 0.25) is 0 Å². The Labute approximate surface area is 230 Å². The summed E-state index contributed by atoms with van der Waals surface area (Å²) < 4.78 is 24.3. The number of hydrogen-bond acceptors (Lipinski definition) is 7. The lowest BCUT2D eigenvalue weighted by Crippen LogP contribution is -2.46. The highest BCUT2D eigenvalue weighted by molar-refractivity contribution is 8.15. The molecule has 4 rings (SSSR count). The van der Waals surface area contributed by atoms with Crippen molar-refractivity contribution < 1.29 is 28.2 Å². The number of aliphatic imine (C=N–C) groups is 1. The van der Waals surface area contributed by atoms with Crippen LogP contribution in [0.4, 0.5) is 15.8 Å². The first-order chi connectivity index (χ1) is 18.9. The fourth-order valence-corrected chi connectivity index (χ4v) is 4.99. The minimum atomic E-state index is -0.799. The summed E-state index contributed by atoms with van der Waals surface area (Å²) >= 11 is 1.14. The van der Waals surface area contributed by atoms with E-state index < -0.39 is 22.9 Å². The molecule has 1 saturated heterocycles. The molecular formula is C29H28FN3O5S. The van der Waals surface area contributed by atoms with Gasteiger partial charge in [-0.3, -0.25) is 14.5 Å². The van der Waals surface area contributed by atoms with Gasteiger partial charge in [0.05, 0.1) is 30.7 Å². The molecule has 1 aliphatic heterocycles. The number of para-hydroxylation sites is 1. The van der Waals surface area contributed by atoms with Crippen LogP contribution in [0.5, 0.6) is 5.75 Å². The van der Waals surface area contributed by atoms with Gasteiger partial charge >= 0.3 is 5.97 Å². The number of amidine groups is 1. The standard InChI is InChI=1S/C29H28FN3O5S/c1-3-38-28(36)20-10-12-21(13-11-20)31-29-33(17-16-19-8-14-22(37-2)15-9-19)26(34)18-25(39-29)27(35)32-24-7-5-4-6-23(24)30/h4-15,25H,3,16-18H2,1-2H3,(H,32,35). The van der Waals surface area contributed by atoms with Crippen LogP contribution in [0.3, 0.4) is 0 Å². The Bertz CT molecular complexity index is 1360. The van der Waals surface area contributed by atoms with Crippen molar-refractivity contribution in [3.8, 4) is 5.75 Å². The van der Waals surface area contributed by atoms with E-state index in [-0.39, 0.29) is 24.6 Å². The summed E-state index contributed by atoms with van der Waals surface area (Å²) in [6.45, 7) is 2.34. The highest BCUT2D eigenvalue weighted by Gasteiger charge is 2.36. The van der Waals surface area contributed by atoms with Crippen molar-refractivity contribution >= 4 is 46.1 Å². The quantitative estimate of drug-likeness (QED) is 0.368. The highest BCUT2D eigenvalue weighted by atomic mass is 32.2. The summed E-state index contributed by atoms with van der Waals surface area (Å²) in [6, 6.07) is 19.9. The topological polar surface area (TPSA) is 97.3 Å². The van der Waals surface area contributed by atoms with Gasteiger partial charge in [-0.05, 0) is 67.4 Å². The van der Waals surface area contributed by atoms with Crippen molar-refractivity contribution in [2.45, 2.75) is 25.0 Å². The fourth-order valence-electron chi connectivity index (χ4n) is 3.87. The molecule has 8 nitrogen and oxygen atoms in total. The lowest BCUT2D eigenvalue weighted by Gasteiger charge is -2.32. The molecule has 2 amide bonds. The average molecular weight is 550 g/mol. The second-order valence-corrected chi connectivity index (χ2v) is 9.75. The van der Waals surface area contributed by atoms with Gasteiger partial charge in [-0.1, -0.05) is 36.0 Å². The molecule has 0 aromatic heterocycles. The van der Waals surface area contributed by atoms with Crippen LogP contribution in [-0.2, 0) is 20.7 Å². The third-order valence-corrected chi connectivity index (χ3v) is 7.14. The number of anilines is 1. The fraction of sp³-hybridized carbons (Fsp3) is 0.241. The summed E-state index contributed by atoms with van der Waals surface area (Å²) in [5, 5.41) is 2.12. The monoisotopic (exact) mass is 549 g/mol. The second kappa shape index (κ2) is 13.1. The summed E-state index contributed by atoms with van der Waals surface area (Å²) in [6.07, 6.45) is 0.498. The number of hydrogen-bond donors (Lipinski definition) is 1. The number of methoxy groups -OCH3 is 1. The maximum atomic E-state index is 14.1. The first-order valence-electron chi connectivity index (χ1n) is 12.4. The normalized spacial score (nSPS) is 16.2. The smallest absolute Gasteiger partial charge is 0.338 e. The van der Waals surface area contributed by atoms with E-state index in [1.54, 1.807) is 49.3 Å². The molecule has 1 N–H and O–H groups in total. The van der Waals surface area contributed by atoms with Gasteiger partial charge in [0.25, 0.3) is 0 Å². The Balaban J connectivity index is 1.56. The van der Waals surface area contributed by atoms with E-state index in [4.69, 9.17) is 9.47 Å². The molecule has 0 aliphatic carbocycles. The molecule has 1 atom stereocenters. The number of nitrogens with one attached hydrogen (secondary N) is 1. The van der Waals surface area contributed by atoms with Crippen molar-refractivity contribution in [2.24, 2.45) is 4.99 Å². The van der Waals surface area contributed by atoms with Gasteiger partial charge in [-0.2, -0.15) is 0 Å². The largest absolute Gasteiger partial charge is 0.497 e. The molecule has 1 fully saturated rings. The number of carbonyl (C=O) groups excluding carboxylic acids is 3. The van der Waals surface area contributed by atoms with Gasteiger partial charge in [0.2, 0.25) is 11.8 Å². The van der Waals surface area contributed by atoms with Gasteiger partial charge in [-0.15, -0.1) is 0 Å². The summed E-state index contributed by atoms with van der Waals surface area (Å²) in [4.78, 5) is 44.5. The molecule has 1 unspecified atom stereocenters. The Hall–Kier alpha value is -4.18. The molecule has 0 spiro atoms. The average Bonchev–Trinajstić information content (AvgIpc) is 2.94. The first kappa shape index (κ1) is 27.8. The van der Waals surface area contributed by atoms with E-state index in [9.17, 15) is 18.8 Å². The minimum Gasteiger partial charge on any atom is -0.497 e. The number of ether oxygens (including phenoxy) is 2. The molecule has 0 saturated carbocycles. The number of rotatable bonds is 9. The zero-order valence-electron chi connectivity index (χ0n) is 21.6. The number of amides is 2. The zero-order valence-corrected chi connectivity index (χ0v) is 22.4. The van der Waals surface area contributed by atoms with E-state index in [2.05, 4.69) is 10.3 Å². The van der Waals surface area contributed by atoms with Gasteiger partial charge in [0.15, 0.2) is 5.17 Å². The zero-order chi connectivity index (χ0) is 27.8. The van der Waals surface area contributed by atoms with E-state index in [1.807, 2.05) is 24.3 Å². The Kier molecular flexibility index (Phi) is 9.32. The van der Waals surface area contributed by atoms with Gasteiger partial charge < -0.3 is 14.8 Å². The van der Waals surface area contributed by atoms with Crippen LogP contribution in [0.25, 0.3) is 0 Å². The second-order valence-electron chi connectivity index (χ2n) is 8.58. The third kappa shape index (κ3) is 7.23. The molecule has 3 aromatic rings. The maximum absolute atomic E-state index is 14.1. The predicted octanol–water partition coefficient (Wildman–Crippen LogP) is 5.21. The molecule has 3 aromatic carbocycles. The predicted molar refractivity (Wildman–Crippen MR) is 149 cm³/mol. The Morgan fingerprint density at radius 1 is 1.08 bits per heavy atom. The minimum absolute atomic E-state index is 0.0468. The van der Waals surface area contributed by atoms with Crippen molar-refractivity contribution in [1.29, 1.82) is 0 Å². The van der Waals surface area contributed by atoms with Crippen molar-refractivity contribution in [1.82, 2.24) is 4.90 Å². The summed E-state index contributed by atoms with van der Waals surface area (Å²) in [7, 11) is 1.60. The van der Waals surface area contributed by atoms with Crippen LogP contribution in [0, 0.1) is 5.82 Å². The number of thioether (sulfide) groups is 1. The van der Waals surface area contributed by atoms with Gasteiger partial charge in [-0.25, -0.2) is 14.2 Å². The van der Waals surface area contributed by atoms with Crippen LogP contribution >= 0.6 is 11.8 Å². The molecule has 1 aliphatic rings. The van der Waals surface area contributed by atoms with Crippen LogP contribution in [-0.4, -0.2) is 53.4 Å². The molecule has 202 valence electrons. The number of carbonyl (C=O) groups is 3. The van der Waals surface area contributed by atoms with Gasteiger partial charge in [0, 0.05) is 13.0 Å². The Morgan fingerprint density at radius 2 is 1.79 bits per heavy atom. The van der Waals surface area contributed by atoms with E-state index in [1.165, 1.54) is 18.2 Å². The molecule has 10 heteroatoms. The molecule has 39 heavy (non-hydrogen) atoms. The summed E-state index contributed by atoms with van der Waals surface area (Å²) in [5.41, 5.74) is 1.94.